The lowest BCUT2D eigenvalue weighted by Gasteiger charge is -2.09. The summed E-state index contributed by atoms with van der Waals surface area (Å²) < 4.78 is 4.93. The van der Waals surface area contributed by atoms with Crippen molar-refractivity contribution in [1.82, 2.24) is 0 Å². The van der Waals surface area contributed by atoms with Gasteiger partial charge in [-0.2, -0.15) is 0 Å². The van der Waals surface area contributed by atoms with Crippen molar-refractivity contribution in [2.24, 2.45) is 5.73 Å². The molecule has 0 saturated carbocycles. The van der Waals surface area contributed by atoms with Gasteiger partial charge < -0.3 is 10.5 Å². The summed E-state index contributed by atoms with van der Waals surface area (Å²) in [5.41, 5.74) is 5.54. The molecule has 3 nitrogen and oxygen atoms in total. The lowest BCUT2D eigenvalue weighted by Crippen LogP contribution is -2.32. The second-order valence-electron chi connectivity index (χ2n) is 2.92. The largest absolute Gasteiger partial charge is 0.465 e. The van der Waals surface area contributed by atoms with Crippen LogP contribution in [0.4, 0.5) is 0 Å². The Hall–Kier alpha value is -0.570. The van der Waals surface area contributed by atoms with Gasteiger partial charge in [0.05, 0.1) is 6.61 Å². The third-order valence-electron chi connectivity index (χ3n) is 1.64. The van der Waals surface area contributed by atoms with Gasteiger partial charge in [-0.1, -0.05) is 26.7 Å². The standard InChI is InChI=1S/C9H19NO2/c1-3-5-7-12-9(11)8(10)6-4-2/h8H,3-7,10H2,1-2H3/t8-/m0/s1. The summed E-state index contributed by atoms with van der Waals surface area (Å²) in [5.74, 6) is -0.259. The van der Waals surface area contributed by atoms with Crippen LogP contribution in [0.15, 0.2) is 0 Å². The fraction of sp³-hybridized carbons (Fsp3) is 0.889. The first-order valence-electron chi connectivity index (χ1n) is 4.64. The van der Waals surface area contributed by atoms with Crippen LogP contribution in [0.25, 0.3) is 0 Å². The average molecular weight is 173 g/mol. The molecule has 0 unspecified atom stereocenters. The maximum absolute atomic E-state index is 11.1. The minimum atomic E-state index is -0.424. The van der Waals surface area contributed by atoms with Crippen LogP contribution in [0.5, 0.6) is 0 Å². The zero-order chi connectivity index (χ0) is 9.40. The molecule has 0 amide bonds. The van der Waals surface area contributed by atoms with E-state index in [-0.39, 0.29) is 5.97 Å². The maximum Gasteiger partial charge on any atom is 0.322 e. The van der Waals surface area contributed by atoms with E-state index >= 15 is 0 Å². The quantitative estimate of drug-likeness (QED) is 0.488. The Morgan fingerprint density at radius 3 is 2.58 bits per heavy atom. The van der Waals surface area contributed by atoms with Crippen LogP contribution in [0, 0.1) is 0 Å². The average Bonchev–Trinajstić information content (AvgIpc) is 2.05. The van der Waals surface area contributed by atoms with Crippen LogP contribution < -0.4 is 5.73 Å². The minimum absolute atomic E-state index is 0.259. The summed E-state index contributed by atoms with van der Waals surface area (Å²) in [6, 6.07) is -0.424. The van der Waals surface area contributed by atoms with Crippen LogP contribution >= 0.6 is 0 Å². The Balaban J connectivity index is 3.43. The van der Waals surface area contributed by atoms with Crippen LogP contribution in [-0.4, -0.2) is 18.6 Å². The molecule has 0 saturated heterocycles. The molecule has 72 valence electrons. The minimum Gasteiger partial charge on any atom is -0.465 e. The van der Waals surface area contributed by atoms with E-state index < -0.39 is 6.04 Å². The van der Waals surface area contributed by atoms with E-state index in [1.165, 1.54) is 0 Å². The number of nitrogens with two attached hydrogens (primary N) is 1. The summed E-state index contributed by atoms with van der Waals surface area (Å²) in [5, 5.41) is 0. The summed E-state index contributed by atoms with van der Waals surface area (Å²) in [7, 11) is 0. The van der Waals surface area contributed by atoms with Gasteiger partial charge in [-0.3, -0.25) is 4.79 Å². The van der Waals surface area contributed by atoms with Crippen LogP contribution in [0.1, 0.15) is 39.5 Å². The molecule has 0 radical (unpaired) electrons. The highest BCUT2D eigenvalue weighted by Gasteiger charge is 2.12. The van der Waals surface area contributed by atoms with E-state index in [0.29, 0.717) is 13.0 Å². The number of rotatable bonds is 6. The lowest BCUT2D eigenvalue weighted by atomic mass is 10.2. The molecule has 0 aliphatic heterocycles. The van der Waals surface area contributed by atoms with Gasteiger partial charge in [-0.15, -0.1) is 0 Å². The molecule has 0 aromatic heterocycles. The topological polar surface area (TPSA) is 52.3 Å². The fourth-order valence-electron chi connectivity index (χ4n) is 0.853. The number of carbonyl (C=O) groups is 1. The van der Waals surface area contributed by atoms with Gasteiger partial charge in [0.1, 0.15) is 6.04 Å². The van der Waals surface area contributed by atoms with Crippen molar-refractivity contribution in [3.63, 3.8) is 0 Å². The van der Waals surface area contributed by atoms with Gasteiger partial charge in [-0.05, 0) is 12.8 Å². The Morgan fingerprint density at radius 1 is 1.42 bits per heavy atom. The van der Waals surface area contributed by atoms with E-state index in [9.17, 15) is 4.79 Å². The summed E-state index contributed by atoms with van der Waals surface area (Å²) in [6.45, 7) is 4.56. The van der Waals surface area contributed by atoms with Gasteiger partial charge in [0.25, 0.3) is 0 Å². The number of hydrogen-bond donors (Lipinski definition) is 1. The molecular weight excluding hydrogens is 154 g/mol. The van der Waals surface area contributed by atoms with E-state index in [4.69, 9.17) is 10.5 Å². The van der Waals surface area contributed by atoms with Crippen molar-refractivity contribution < 1.29 is 9.53 Å². The Kier molecular flexibility index (Phi) is 6.76. The van der Waals surface area contributed by atoms with E-state index in [1.807, 2.05) is 6.92 Å². The number of ether oxygens (including phenoxy) is 1. The molecule has 0 aliphatic rings. The summed E-state index contributed by atoms with van der Waals surface area (Å²) in [6.07, 6.45) is 3.59. The van der Waals surface area contributed by atoms with Gasteiger partial charge in [0, 0.05) is 0 Å². The molecule has 0 bridgehead atoms. The monoisotopic (exact) mass is 173 g/mol. The van der Waals surface area contributed by atoms with Crippen LogP contribution in [0.3, 0.4) is 0 Å². The second kappa shape index (κ2) is 7.10. The number of hydrogen-bond acceptors (Lipinski definition) is 3. The molecule has 1 atom stereocenters. The highest BCUT2D eigenvalue weighted by molar-refractivity contribution is 5.75. The van der Waals surface area contributed by atoms with Gasteiger partial charge in [0.2, 0.25) is 0 Å². The Labute approximate surface area is 74.3 Å². The summed E-state index contributed by atoms with van der Waals surface area (Å²) in [4.78, 5) is 11.1. The van der Waals surface area contributed by atoms with Gasteiger partial charge in [-0.25, -0.2) is 0 Å². The van der Waals surface area contributed by atoms with Crippen molar-refractivity contribution in [3.05, 3.63) is 0 Å². The SMILES string of the molecule is CCCCOC(=O)[C@@H](N)CCC. The normalized spacial score (nSPS) is 12.6. The molecule has 0 heterocycles. The first-order valence-corrected chi connectivity index (χ1v) is 4.64. The lowest BCUT2D eigenvalue weighted by molar-refractivity contribution is -0.145. The highest BCUT2D eigenvalue weighted by Crippen LogP contribution is 1.97. The van der Waals surface area contributed by atoms with Crippen molar-refractivity contribution >= 4 is 5.97 Å². The Bertz CT molecular complexity index is 126. The van der Waals surface area contributed by atoms with E-state index in [1.54, 1.807) is 0 Å². The molecule has 12 heavy (non-hydrogen) atoms. The molecule has 3 heteroatoms. The maximum atomic E-state index is 11.1. The zero-order valence-corrected chi connectivity index (χ0v) is 8.01. The van der Waals surface area contributed by atoms with Crippen LogP contribution in [0.2, 0.25) is 0 Å². The molecule has 0 fully saturated rings. The fourth-order valence-corrected chi connectivity index (χ4v) is 0.853. The summed E-state index contributed by atoms with van der Waals surface area (Å²) >= 11 is 0. The number of carbonyl (C=O) groups excluding carboxylic acids is 1. The third kappa shape index (κ3) is 5.13. The first-order chi connectivity index (χ1) is 5.72. The van der Waals surface area contributed by atoms with Crippen molar-refractivity contribution in [2.45, 2.75) is 45.6 Å². The third-order valence-corrected chi connectivity index (χ3v) is 1.64. The molecule has 0 rings (SSSR count). The Morgan fingerprint density at radius 2 is 2.08 bits per heavy atom. The molecule has 0 spiro atoms. The van der Waals surface area contributed by atoms with E-state index in [0.717, 1.165) is 19.3 Å². The van der Waals surface area contributed by atoms with Crippen LogP contribution in [-0.2, 0) is 9.53 Å². The number of esters is 1. The molecule has 0 aliphatic carbocycles. The predicted molar refractivity (Wildman–Crippen MR) is 48.8 cm³/mol. The first kappa shape index (κ1) is 11.4. The van der Waals surface area contributed by atoms with Gasteiger partial charge in [0.15, 0.2) is 0 Å². The predicted octanol–water partition coefficient (Wildman–Crippen LogP) is 1.46. The van der Waals surface area contributed by atoms with E-state index in [2.05, 4.69) is 6.92 Å². The smallest absolute Gasteiger partial charge is 0.322 e. The zero-order valence-electron chi connectivity index (χ0n) is 8.01. The van der Waals surface area contributed by atoms with Crippen molar-refractivity contribution in [3.8, 4) is 0 Å². The second-order valence-corrected chi connectivity index (χ2v) is 2.92. The van der Waals surface area contributed by atoms with Gasteiger partial charge >= 0.3 is 5.97 Å². The molecule has 0 aromatic rings. The molecule has 2 N–H and O–H groups in total. The van der Waals surface area contributed by atoms with Crippen molar-refractivity contribution in [2.75, 3.05) is 6.61 Å². The highest BCUT2D eigenvalue weighted by atomic mass is 16.5. The van der Waals surface area contributed by atoms with Crippen molar-refractivity contribution in [1.29, 1.82) is 0 Å². The molecule has 0 aromatic carbocycles. The number of unbranched alkanes of at least 4 members (excludes halogenated alkanes) is 1. The molecular formula is C9H19NO2.